The molecule has 1 heterocycles. The van der Waals surface area contributed by atoms with Gasteiger partial charge in [-0.25, -0.2) is 0 Å². The summed E-state index contributed by atoms with van der Waals surface area (Å²) in [4.78, 5) is 13.4. The summed E-state index contributed by atoms with van der Waals surface area (Å²) >= 11 is 0. The van der Waals surface area contributed by atoms with Gasteiger partial charge in [0.15, 0.2) is 0 Å². The average Bonchev–Trinajstić information content (AvgIpc) is 2.90. The Bertz CT molecular complexity index is 479. The zero-order valence-corrected chi connectivity index (χ0v) is 12.1. The first-order valence-corrected chi connectivity index (χ1v) is 7.19. The Morgan fingerprint density at radius 2 is 2.05 bits per heavy atom. The van der Waals surface area contributed by atoms with E-state index in [0.717, 1.165) is 18.6 Å². The van der Waals surface area contributed by atoms with Gasteiger partial charge in [-0.15, -0.1) is 0 Å². The second-order valence-electron chi connectivity index (χ2n) is 5.28. The van der Waals surface area contributed by atoms with E-state index in [1.54, 1.807) is 0 Å². The van der Waals surface area contributed by atoms with Gasteiger partial charge in [0, 0.05) is 6.04 Å². The van der Waals surface area contributed by atoms with Crippen LogP contribution in [0, 0.1) is 0 Å². The molecule has 0 radical (unpaired) electrons. The molecule has 1 atom stereocenters. The van der Waals surface area contributed by atoms with Crippen LogP contribution in [0.25, 0.3) is 0 Å². The molecular formula is C15H19F3N2O2. The molecule has 0 aromatic heterocycles. The van der Waals surface area contributed by atoms with E-state index >= 15 is 0 Å². The third-order valence-corrected chi connectivity index (χ3v) is 3.52. The van der Waals surface area contributed by atoms with Gasteiger partial charge in [-0.2, -0.15) is 13.2 Å². The highest BCUT2D eigenvalue weighted by molar-refractivity contribution is 5.78. The van der Waals surface area contributed by atoms with E-state index in [9.17, 15) is 18.0 Å². The van der Waals surface area contributed by atoms with Crippen LogP contribution in [0.5, 0.6) is 5.75 Å². The summed E-state index contributed by atoms with van der Waals surface area (Å²) in [5.74, 6) is 0.139. The van der Waals surface area contributed by atoms with Crippen molar-refractivity contribution in [2.24, 2.45) is 0 Å². The monoisotopic (exact) mass is 316 g/mol. The first-order chi connectivity index (χ1) is 10.4. The second kappa shape index (κ2) is 7.49. The van der Waals surface area contributed by atoms with Crippen LogP contribution < -0.4 is 10.1 Å². The summed E-state index contributed by atoms with van der Waals surface area (Å²) in [5, 5.41) is 1.90. The molecule has 1 N–H and O–H groups in total. The van der Waals surface area contributed by atoms with Crippen molar-refractivity contribution in [1.82, 2.24) is 10.2 Å². The van der Waals surface area contributed by atoms with Crippen molar-refractivity contribution in [2.45, 2.75) is 25.1 Å². The fourth-order valence-electron chi connectivity index (χ4n) is 2.44. The number of carbonyl (C=O) groups is 1. The Morgan fingerprint density at radius 3 is 2.73 bits per heavy atom. The highest BCUT2D eigenvalue weighted by Crippen LogP contribution is 2.19. The number of para-hydroxylation sites is 1. The zero-order valence-electron chi connectivity index (χ0n) is 12.1. The smallest absolute Gasteiger partial charge is 0.405 e. The molecule has 22 heavy (non-hydrogen) atoms. The third-order valence-electron chi connectivity index (χ3n) is 3.52. The van der Waals surface area contributed by atoms with Gasteiger partial charge >= 0.3 is 6.18 Å². The molecule has 2 rings (SSSR count). The van der Waals surface area contributed by atoms with E-state index in [4.69, 9.17) is 4.74 Å². The Hall–Kier alpha value is -1.76. The molecule has 0 saturated carbocycles. The number of carbonyl (C=O) groups excluding carboxylic acids is 1. The van der Waals surface area contributed by atoms with Crippen molar-refractivity contribution in [2.75, 3.05) is 26.2 Å². The van der Waals surface area contributed by atoms with E-state index in [1.807, 2.05) is 40.5 Å². The summed E-state index contributed by atoms with van der Waals surface area (Å²) in [6, 6.07) is 9.36. The van der Waals surface area contributed by atoms with Crippen molar-refractivity contribution in [1.29, 1.82) is 0 Å². The van der Waals surface area contributed by atoms with Gasteiger partial charge in [0.1, 0.15) is 18.9 Å². The summed E-state index contributed by atoms with van der Waals surface area (Å²) < 4.78 is 41.9. The van der Waals surface area contributed by atoms with Gasteiger partial charge in [-0.3, -0.25) is 9.69 Å². The van der Waals surface area contributed by atoms with Gasteiger partial charge in [0.05, 0.1) is 6.54 Å². The Kier molecular flexibility index (Phi) is 5.65. The lowest BCUT2D eigenvalue weighted by atomic mass is 10.2. The van der Waals surface area contributed by atoms with Crippen LogP contribution in [0.15, 0.2) is 30.3 Å². The SMILES string of the molecule is O=C(CN1CCCC1COc1ccccc1)NCC(F)(F)F. The van der Waals surface area contributed by atoms with Crippen LogP contribution >= 0.6 is 0 Å². The number of likely N-dealkylation sites (tertiary alicyclic amines) is 1. The quantitative estimate of drug-likeness (QED) is 0.875. The number of alkyl halides is 3. The first kappa shape index (κ1) is 16.6. The van der Waals surface area contributed by atoms with E-state index < -0.39 is 18.6 Å². The molecule has 0 spiro atoms. The number of hydrogen-bond acceptors (Lipinski definition) is 3. The van der Waals surface area contributed by atoms with E-state index in [2.05, 4.69) is 0 Å². The number of halogens is 3. The normalized spacial score (nSPS) is 19.1. The largest absolute Gasteiger partial charge is 0.492 e. The Labute approximate surface area is 127 Å². The number of nitrogens with zero attached hydrogens (tertiary/aromatic N) is 1. The molecule has 0 aliphatic carbocycles. The maximum absolute atomic E-state index is 12.1. The van der Waals surface area contributed by atoms with Crippen molar-refractivity contribution >= 4 is 5.91 Å². The number of ether oxygens (including phenoxy) is 1. The second-order valence-corrected chi connectivity index (χ2v) is 5.28. The lowest BCUT2D eigenvalue weighted by Gasteiger charge is -2.24. The molecule has 1 fully saturated rings. The number of nitrogens with one attached hydrogen (secondary N) is 1. The lowest BCUT2D eigenvalue weighted by Crippen LogP contribution is -2.44. The molecular weight excluding hydrogens is 297 g/mol. The van der Waals surface area contributed by atoms with Crippen LogP contribution in [0.4, 0.5) is 13.2 Å². The predicted octanol–water partition coefficient (Wildman–Crippen LogP) is 2.21. The lowest BCUT2D eigenvalue weighted by molar-refractivity contribution is -0.139. The number of rotatable bonds is 6. The number of benzene rings is 1. The van der Waals surface area contributed by atoms with Crippen molar-refractivity contribution < 1.29 is 22.7 Å². The fraction of sp³-hybridized carbons (Fsp3) is 0.533. The highest BCUT2D eigenvalue weighted by atomic mass is 19.4. The standard InChI is InChI=1S/C15H19F3N2O2/c16-15(17,18)11-19-14(21)9-20-8-4-5-12(20)10-22-13-6-2-1-3-7-13/h1-3,6-7,12H,4-5,8-11H2,(H,19,21). The highest BCUT2D eigenvalue weighted by Gasteiger charge is 2.30. The van der Waals surface area contributed by atoms with E-state index in [-0.39, 0.29) is 12.6 Å². The minimum absolute atomic E-state index is 0.0289. The maximum Gasteiger partial charge on any atom is 0.405 e. The predicted molar refractivity (Wildman–Crippen MR) is 75.6 cm³/mol. The summed E-state index contributed by atoms with van der Waals surface area (Å²) in [6.07, 6.45) is -2.59. The molecule has 0 bridgehead atoms. The molecule has 1 unspecified atom stereocenters. The van der Waals surface area contributed by atoms with Crippen LogP contribution in [-0.4, -0.2) is 49.3 Å². The van der Waals surface area contributed by atoms with Crippen LogP contribution in [0.2, 0.25) is 0 Å². The summed E-state index contributed by atoms with van der Waals surface area (Å²) in [7, 11) is 0. The molecule has 4 nitrogen and oxygen atoms in total. The van der Waals surface area contributed by atoms with E-state index in [1.165, 1.54) is 0 Å². The third kappa shape index (κ3) is 5.55. The number of amides is 1. The van der Waals surface area contributed by atoms with Crippen molar-refractivity contribution in [3.05, 3.63) is 30.3 Å². The summed E-state index contributed by atoms with van der Waals surface area (Å²) in [5.41, 5.74) is 0. The van der Waals surface area contributed by atoms with Crippen LogP contribution in [-0.2, 0) is 4.79 Å². The molecule has 1 aromatic carbocycles. The molecule has 1 saturated heterocycles. The Morgan fingerprint density at radius 1 is 1.32 bits per heavy atom. The number of hydrogen-bond donors (Lipinski definition) is 1. The van der Waals surface area contributed by atoms with Crippen molar-refractivity contribution in [3.63, 3.8) is 0 Å². The minimum Gasteiger partial charge on any atom is -0.492 e. The molecule has 1 aromatic rings. The van der Waals surface area contributed by atoms with Gasteiger partial charge in [-0.05, 0) is 31.5 Å². The Balaban J connectivity index is 1.77. The van der Waals surface area contributed by atoms with Crippen molar-refractivity contribution in [3.8, 4) is 5.75 Å². The topological polar surface area (TPSA) is 41.6 Å². The molecule has 1 aliphatic heterocycles. The van der Waals surface area contributed by atoms with Crippen LogP contribution in [0.1, 0.15) is 12.8 Å². The average molecular weight is 316 g/mol. The molecule has 1 aliphatic rings. The summed E-state index contributed by atoms with van der Waals surface area (Å²) in [6.45, 7) is -0.192. The zero-order chi connectivity index (χ0) is 16.0. The van der Waals surface area contributed by atoms with Gasteiger partial charge in [0.25, 0.3) is 0 Å². The molecule has 1 amide bonds. The first-order valence-electron chi connectivity index (χ1n) is 7.19. The fourth-order valence-corrected chi connectivity index (χ4v) is 2.44. The maximum atomic E-state index is 12.1. The minimum atomic E-state index is -4.38. The van der Waals surface area contributed by atoms with Gasteiger partial charge < -0.3 is 10.1 Å². The van der Waals surface area contributed by atoms with Crippen LogP contribution in [0.3, 0.4) is 0 Å². The van der Waals surface area contributed by atoms with Gasteiger partial charge in [0.2, 0.25) is 5.91 Å². The molecule has 7 heteroatoms. The van der Waals surface area contributed by atoms with Gasteiger partial charge in [-0.1, -0.05) is 18.2 Å². The van der Waals surface area contributed by atoms with E-state index in [0.29, 0.717) is 13.2 Å². The molecule has 122 valence electrons.